The fourth-order valence-corrected chi connectivity index (χ4v) is 1.91. The Morgan fingerprint density at radius 2 is 1.80 bits per heavy atom. The van der Waals surface area contributed by atoms with Gasteiger partial charge in [0, 0.05) is 39.3 Å². The first-order chi connectivity index (χ1) is 7.36. The van der Waals surface area contributed by atoms with Crippen LogP contribution >= 0.6 is 0 Å². The van der Waals surface area contributed by atoms with Gasteiger partial charge >= 0.3 is 0 Å². The Hall–Kier alpha value is -0.650. The van der Waals surface area contributed by atoms with Crippen molar-refractivity contribution in [2.45, 2.75) is 0 Å². The summed E-state index contributed by atoms with van der Waals surface area (Å²) < 4.78 is 5.25. The Bertz CT molecular complexity index is 211. The molecule has 2 rings (SSSR count). The Balaban J connectivity index is 1.74. The quantitative estimate of drug-likeness (QED) is 0.575. The van der Waals surface area contributed by atoms with Crippen molar-refractivity contribution in [1.29, 1.82) is 0 Å². The minimum Gasteiger partial charge on any atom is -0.379 e. The maximum atomic E-state index is 11.9. The number of ether oxygens (including phenoxy) is 1. The van der Waals surface area contributed by atoms with Gasteiger partial charge in [-0.25, -0.2) is 5.32 Å². The van der Waals surface area contributed by atoms with Gasteiger partial charge in [-0.15, -0.1) is 0 Å². The molecule has 0 spiro atoms. The predicted octanol–water partition coefficient (Wildman–Crippen LogP) is -1.23. The molecule has 0 aromatic rings. The summed E-state index contributed by atoms with van der Waals surface area (Å²) in [6.07, 6.45) is 0. The van der Waals surface area contributed by atoms with Crippen LogP contribution in [-0.4, -0.2) is 74.7 Å². The number of carbonyl (C=O) groups is 1. The van der Waals surface area contributed by atoms with Gasteiger partial charge in [0.15, 0.2) is 0 Å². The molecule has 0 aromatic carbocycles. The molecule has 0 aromatic heterocycles. The summed E-state index contributed by atoms with van der Waals surface area (Å²) in [7, 11) is 0. The third-order valence-corrected chi connectivity index (χ3v) is 2.87. The number of hydrogen-bond donors (Lipinski definition) is 0. The van der Waals surface area contributed by atoms with E-state index in [1.807, 2.05) is 4.90 Å². The lowest BCUT2D eigenvalue weighted by Gasteiger charge is -2.31. The number of amides is 1. The topological polar surface area (TPSA) is 46.9 Å². The summed E-state index contributed by atoms with van der Waals surface area (Å²) in [5, 5.41) is 4.23. The van der Waals surface area contributed by atoms with Crippen LogP contribution in [0, 0.1) is 0 Å². The monoisotopic (exact) mass is 212 g/mol. The molecule has 0 aliphatic carbocycles. The number of rotatable bonds is 2. The van der Waals surface area contributed by atoms with Crippen LogP contribution in [0.5, 0.6) is 0 Å². The number of morpholine rings is 1. The fourth-order valence-electron chi connectivity index (χ4n) is 1.91. The highest BCUT2D eigenvalue weighted by Crippen LogP contribution is 2.00. The summed E-state index contributed by atoms with van der Waals surface area (Å²) in [4.78, 5) is 16.0. The first kappa shape index (κ1) is 10.9. The van der Waals surface area contributed by atoms with Crippen molar-refractivity contribution in [1.82, 2.24) is 15.1 Å². The summed E-state index contributed by atoms with van der Waals surface area (Å²) >= 11 is 0. The second-order valence-corrected chi connectivity index (χ2v) is 3.94. The Labute approximate surface area is 90.4 Å². The third-order valence-electron chi connectivity index (χ3n) is 2.87. The summed E-state index contributed by atoms with van der Waals surface area (Å²) in [5.41, 5.74) is 0. The molecule has 5 heteroatoms. The molecule has 15 heavy (non-hydrogen) atoms. The van der Waals surface area contributed by atoms with Gasteiger partial charge in [-0.3, -0.25) is 9.69 Å². The zero-order chi connectivity index (χ0) is 10.5. The van der Waals surface area contributed by atoms with Crippen molar-refractivity contribution in [3.8, 4) is 0 Å². The number of nitrogens with zero attached hydrogens (tertiary/aromatic N) is 3. The number of carbonyl (C=O) groups excluding carboxylic acids is 1. The SMILES string of the molecule is O=C(CN1CCOCC1)N1CC[N]CC1. The van der Waals surface area contributed by atoms with Crippen molar-refractivity contribution in [3.63, 3.8) is 0 Å². The van der Waals surface area contributed by atoms with Gasteiger partial charge in [0.1, 0.15) is 0 Å². The van der Waals surface area contributed by atoms with E-state index in [2.05, 4.69) is 10.2 Å². The molecule has 2 heterocycles. The first-order valence-electron chi connectivity index (χ1n) is 5.57. The molecule has 0 saturated carbocycles. The minimum absolute atomic E-state index is 0.242. The summed E-state index contributed by atoms with van der Waals surface area (Å²) in [5.74, 6) is 0.242. The van der Waals surface area contributed by atoms with E-state index in [4.69, 9.17) is 4.74 Å². The highest BCUT2D eigenvalue weighted by Gasteiger charge is 2.20. The molecule has 0 bridgehead atoms. The van der Waals surface area contributed by atoms with E-state index in [0.717, 1.165) is 52.5 Å². The zero-order valence-electron chi connectivity index (χ0n) is 9.02. The molecule has 5 nitrogen and oxygen atoms in total. The average Bonchev–Trinajstić information content (AvgIpc) is 2.31. The summed E-state index contributed by atoms with van der Waals surface area (Å²) in [6, 6.07) is 0. The van der Waals surface area contributed by atoms with Crippen LogP contribution < -0.4 is 5.32 Å². The van der Waals surface area contributed by atoms with Crippen molar-refractivity contribution in [3.05, 3.63) is 0 Å². The van der Waals surface area contributed by atoms with Crippen LogP contribution in [0.3, 0.4) is 0 Å². The van der Waals surface area contributed by atoms with E-state index in [0.29, 0.717) is 6.54 Å². The van der Waals surface area contributed by atoms with Crippen LogP contribution in [0.2, 0.25) is 0 Å². The highest BCUT2D eigenvalue weighted by molar-refractivity contribution is 5.78. The van der Waals surface area contributed by atoms with E-state index in [9.17, 15) is 4.79 Å². The van der Waals surface area contributed by atoms with Gasteiger partial charge in [0.05, 0.1) is 19.8 Å². The van der Waals surface area contributed by atoms with Gasteiger partial charge in [0.2, 0.25) is 5.91 Å². The average molecular weight is 212 g/mol. The largest absolute Gasteiger partial charge is 0.379 e. The Morgan fingerprint density at radius 1 is 1.13 bits per heavy atom. The van der Waals surface area contributed by atoms with Crippen molar-refractivity contribution in [2.24, 2.45) is 0 Å². The lowest BCUT2D eigenvalue weighted by molar-refractivity contribution is -0.134. The fraction of sp³-hybridized carbons (Fsp3) is 0.900. The lowest BCUT2D eigenvalue weighted by atomic mass is 10.3. The predicted molar refractivity (Wildman–Crippen MR) is 55.7 cm³/mol. The molecule has 0 atom stereocenters. The Kier molecular flexibility index (Phi) is 3.94. The molecule has 2 saturated heterocycles. The van der Waals surface area contributed by atoms with Gasteiger partial charge in [-0.05, 0) is 0 Å². The second-order valence-electron chi connectivity index (χ2n) is 3.94. The normalized spacial score (nSPS) is 24.1. The van der Waals surface area contributed by atoms with Gasteiger partial charge in [-0.2, -0.15) is 0 Å². The molecule has 1 amide bonds. The van der Waals surface area contributed by atoms with Crippen LogP contribution in [0.4, 0.5) is 0 Å². The van der Waals surface area contributed by atoms with Gasteiger partial charge < -0.3 is 9.64 Å². The van der Waals surface area contributed by atoms with Crippen molar-refractivity contribution in [2.75, 3.05) is 59.0 Å². The number of piperazine rings is 1. The molecular weight excluding hydrogens is 194 g/mol. The molecule has 0 unspecified atom stereocenters. The molecule has 2 aliphatic heterocycles. The van der Waals surface area contributed by atoms with E-state index in [1.165, 1.54) is 0 Å². The molecule has 1 radical (unpaired) electrons. The van der Waals surface area contributed by atoms with Crippen LogP contribution in [0.15, 0.2) is 0 Å². The van der Waals surface area contributed by atoms with E-state index >= 15 is 0 Å². The zero-order valence-corrected chi connectivity index (χ0v) is 9.02. The van der Waals surface area contributed by atoms with Gasteiger partial charge in [0.25, 0.3) is 0 Å². The number of hydrogen-bond acceptors (Lipinski definition) is 3. The standard InChI is InChI=1S/C10H18N3O2/c14-10(13-3-1-11-2-4-13)9-12-5-7-15-8-6-12/h1-9H2. The van der Waals surface area contributed by atoms with Gasteiger partial charge in [-0.1, -0.05) is 0 Å². The molecular formula is C10H18N3O2. The maximum Gasteiger partial charge on any atom is 0.236 e. The first-order valence-corrected chi connectivity index (χ1v) is 5.57. The molecule has 2 aliphatic rings. The van der Waals surface area contributed by atoms with Crippen molar-refractivity contribution >= 4 is 5.91 Å². The lowest BCUT2D eigenvalue weighted by Crippen LogP contribution is -2.49. The van der Waals surface area contributed by atoms with Crippen molar-refractivity contribution < 1.29 is 9.53 Å². The summed E-state index contributed by atoms with van der Waals surface area (Å²) in [6.45, 7) is 7.00. The maximum absolute atomic E-state index is 11.9. The smallest absolute Gasteiger partial charge is 0.236 e. The second kappa shape index (κ2) is 5.44. The minimum atomic E-state index is 0.242. The molecule has 0 N–H and O–H groups in total. The van der Waals surface area contributed by atoms with E-state index < -0.39 is 0 Å². The Morgan fingerprint density at radius 3 is 2.47 bits per heavy atom. The van der Waals surface area contributed by atoms with Crippen LogP contribution in [0.1, 0.15) is 0 Å². The molecule has 2 fully saturated rings. The third kappa shape index (κ3) is 3.15. The van der Waals surface area contributed by atoms with Crippen LogP contribution in [-0.2, 0) is 9.53 Å². The van der Waals surface area contributed by atoms with Crippen LogP contribution in [0.25, 0.3) is 0 Å². The van der Waals surface area contributed by atoms with E-state index in [1.54, 1.807) is 0 Å². The molecule has 85 valence electrons. The van der Waals surface area contributed by atoms with E-state index in [-0.39, 0.29) is 5.91 Å². The highest BCUT2D eigenvalue weighted by atomic mass is 16.5.